The molecule has 0 radical (unpaired) electrons. The van der Waals surface area contributed by atoms with Crippen LogP contribution in [0.2, 0.25) is 0 Å². The molecule has 1 heterocycles. The molecule has 0 aliphatic heterocycles. The lowest BCUT2D eigenvalue weighted by Gasteiger charge is -2.20. The van der Waals surface area contributed by atoms with E-state index in [1.54, 1.807) is 16.6 Å². The summed E-state index contributed by atoms with van der Waals surface area (Å²) < 4.78 is 31.7. The van der Waals surface area contributed by atoms with Gasteiger partial charge in [0, 0.05) is 6.04 Å². The highest BCUT2D eigenvalue weighted by Gasteiger charge is 2.37. The number of hydrogen-bond acceptors (Lipinski definition) is 4. The Morgan fingerprint density at radius 2 is 2.20 bits per heavy atom. The van der Waals surface area contributed by atoms with Crippen molar-refractivity contribution in [2.45, 2.75) is 45.2 Å². The summed E-state index contributed by atoms with van der Waals surface area (Å²) in [5.74, 6) is 0.922. The molecule has 0 saturated heterocycles. The average Bonchev–Trinajstić information content (AvgIpc) is 3.12. The molecule has 1 fully saturated rings. The van der Waals surface area contributed by atoms with Crippen molar-refractivity contribution in [1.82, 2.24) is 9.62 Å². The molecule has 1 aliphatic carbocycles. The van der Waals surface area contributed by atoms with E-state index in [-0.39, 0.29) is 11.8 Å². The third-order valence-corrected chi connectivity index (χ3v) is 5.33. The van der Waals surface area contributed by atoms with Gasteiger partial charge >= 0.3 is 0 Å². The molecule has 0 atom stereocenters. The molecule has 0 amide bonds. The maximum atomic E-state index is 12.4. The summed E-state index contributed by atoms with van der Waals surface area (Å²) in [4.78, 5) is 0. The fourth-order valence-electron chi connectivity index (χ4n) is 2.17. The van der Waals surface area contributed by atoms with E-state index in [0.29, 0.717) is 18.7 Å². The van der Waals surface area contributed by atoms with Gasteiger partial charge in [-0.15, -0.1) is 0 Å². The van der Waals surface area contributed by atoms with Crippen molar-refractivity contribution in [2.75, 3.05) is 18.8 Å². The molecule has 20 heavy (non-hydrogen) atoms. The number of nitrogens with one attached hydrogen (secondary N) is 1. The van der Waals surface area contributed by atoms with Gasteiger partial charge in [-0.05, 0) is 50.9 Å². The van der Waals surface area contributed by atoms with Gasteiger partial charge in [0.2, 0.25) is 10.0 Å². The van der Waals surface area contributed by atoms with Crippen molar-refractivity contribution in [3.05, 3.63) is 24.2 Å². The van der Waals surface area contributed by atoms with Gasteiger partial charge in [0.1, 0.15) is 5.76 Å². The molecule has 1 N–H and O–H groups in total. The van der Waals surface area contributed by atoms with Crippen LogP contribution in [0, 0.1) is 0 Å². The van der Waals surface area contributed by atoms with Crippen LogP contribution < -0.4 is 5.32 Å². The number of hydrogen-bond donors (Lipinski definition) is 1. The molecule has 0 spiro atoms. The minimum atomic E-state index is -3.19. The SMILES string of the molecule is CCCNCCCS(=O)(=O)N(Cc1ccco1)C1CC1. The second kappa shape index (κ2) is 7.24. The van der Waals surface area contributed by atoms with E-state index in [0.717, 1.165) is 32.4 Å². The van der Waals surface area contributed by atoms with Crippen molar-refractivity contribution in [3.63, 3.8) is 0 Å². The van der Waals surface area contributed by atoms with Crippen molar-refractivity contribution < 1.29 is 12.8 Å². The zero-order chi connectivity index (χ0) is 14.4. The Morgan fingerprint density at radius 1 is 1.40 bits per heavy atom. The van der Waals surface area contributed by atoms with E-state index >= 15 is 0 Å². The van der Waals surface area contributed by atoms with Crippen molar-refractivity contribution >= 4 is 10.0 Å². The monoisotopic (exact) mass is 300 g/mol. The molecule has 1 saturated carbocycles. The minimum Gasteiger partial charge on any atom is -0.468 e. The molecule has 0 unspecified atom stereocenters. The summed E-state index contributed by atoms with van der Waals surface area (Å²) >= 11 is 0. The van der Waals surface area contributed by atoms with E-state index in [1.807, 2.05) is 6.07 Å². The van der Waals surface area contributed by atoms with Crippen molar-refractivity contribution in [2.24, 2.45) is 0 Å². The third-order valence-electron chi connectivity index (χ3n) is 3.39. The Bertz CT molecular complexity index is 481. The van der Waals surface area contributed by atoms with E-state index in [4.69, 9.17) is 4.42 Å². The van der Waals surface area contributed by atoms with E-state index in [2.05, 4.69) is 12.2 Å². The minimum absolute atomic E-state index is 0.175. The number of furan rings is 1. The summed E-state index contributed by atoms with van der Waals surface area (Å²) in [6.07, 6.45) is 5.24. The zero-order valence-electron chi connectivity index (χ0n) is 12.0. The standard InChI is InChI=1S/C14H24N2O3S/c1-2-8-15-9-4-11-20(17,18)16(13-6-7-13)12-14-5-3-10-19-14/h3,5,10,13,15H,2,4,6-9,11-12H2,1H3. The van der Waals surface area contributed by atoms with Crippen LogP contribution in [0.5, 0.6) is 0 Å². The smallest absolute Gasteiger partial charge is 0.214 e. The summed E-state index contributed by atoms with van der Waals surface area (Å²) in [6, 6.07) is 3.80. The van der Waals surface area contributed by atoms with Gasteiger partial charge in [0.25, 0.3) is 0 Å². The lowest BCUT2D eigenvalue weighted by Crippen LogP contribution is -2.35. The first-order valence-corrected chi connectivity index (χ1v) is 8.97. The van der Waals surface area contributed by atoms with E-state index < -0.39 is 10.0 Å². The Balaban J connectivity index is 1.87. The highest BCUT2D eigenvalue weighted by Crippen LogP contribution is 2.31. The van der Waals surface area contributed by atoms with Crippen LogP contribution in [0.15, 0.2) is 22.8 Å². The first-order valence-electron chi connectivity index (χ1n) is 7.36. The molecule has 6 heteroatoms. The summed E-state index contributed by atoms with van der Waals surface area (Å²) in [7, 11) is -3.19. The molecule has 1 aliphatic rings. The number of rotatable bonds is 10. The van der Waals surface area contributed by atoms with Gasteiger partial charge < -0.3 is 9.73 Å². The Hall–Kier alpha value is -0.850. The Kier molecular flexibility index (Phi) is 5.63. The van der Waals surface area contributed by atoms with Gasteiger partial charge in [-0.25, -0.2) is 8.42 Å². The molecule has 1 aromatic heterocycles. The molecular formula is C14H24N2O3S. The maximum absolute atomic E-state index is 12.4. The van der Waals surface area contributed by atoms with Gasteiger partial charge in [-0.2, -0.15) is 4.31 Å². The summed E-state index contributed by atoms with van der Waals surface area (Å²) in [6.45, 7) is 4.16. The summed E-state index contributed by atoms with van der Waals surface area (Å²) in [5.41, 5.74) is 0. The lowest BCUT2D eigenvalue weighted by atomic mass is 10.4. The van der Waals surface area contributed by atoms with Crippen LogP contribution >= 0.6 is 0 Å². The Labute approximate surface area is 121 Å². The predicted octanol–water partition coefficient (Wildman–Crippen LogP) is 1.96. The van der Waals surface area contributed by atoms with Crippen molar-refractivity contribution in [3.8, 4) is 0 Å². The second-order valence-corrected chi connectivity index (χ2v) is 7.32. The molecule has 0 aromatic carbocycles. The topological polar surface area (TPSA) is 62.6 Å². The fraction of sp³-hybridized carbons (Fsp3) is 0.714. The quantitative estimate of drug-likeness (QED) is 0.671. The largest absolute Gasteiger partial charge is 0.468 e. The molecule has 0 bridgehead atoms. The van der Waals surface area contributed by atoms with Crippen LogP contribution in [0.4, 0.5) is 0 Å². The van der Waals surface area contributed by atoms with Gasteiger partial charge in [0.15, 0.2) is 0 Å². The van der Waals surface area contributed by atoms with Crippen LogP contribution in [0.3, 0.4) is 0 Å². The van der Waals surface area contributed by atoms with Crippen LogP contribution in [-0.4, -0.2) is 37.6 Å². The van der Waals surface area contributed by atoms with Crippen LogP contribution in [-0.2, 0) is 16.6 Å². The normalized spacial score (nSPS) is 15.9. The molecule has 5 nitrogen and oxygen atoms in total. The maximum Gasteiger partial charge on any atom is 0.214 e. The highest BCUT2D eigenvalue weighted by molar-refractivity contribution is 7.89. The Morgan fingerprint density at radius 3 is 2.80 bits per heavy atom. The lowest BCUT2D eigenvalue weighted by molar-refractivity contribution is 0.356. The average molecular weight is 300 g/mol. The van der Waals surface area contributed by atoms with Gasteiger partial charge in [0.05, 0.1) is 18.6 Å². The molecule has 114 valence electrons. The molecular weight excluding hydrogens is 276 g/mol. The first-order chi connectivity index (χ1) is 9.63. The fourth-order valence-corrected chi connectivity index (χ4v) is 3.90. The van der Waals surface area contributed by atoms with Gasteiger partial charge in [-0.3, -0.25) is 0 Å². The van der Waals surface area contributed by atoms with Crippen LogP contribution in [0.1, 0.15) is 38.4 Å². The third kappa shape index (κ3) is 4.61. The number of nitrogens with zero attached hydrogens (tertiary/aromatic N) is 1. The second-order valence-electron chi connectivity index (χ2n) is 5.28. The summed E-state index contributed by atoms with van der Waals surface area (Å²) in [5, 5.41) is 3.24. The van der Waals surface area contributed by atoms with E-state index in [1.165, 1.54) is 0 Å². The zero-order valence-corrected chi connectivity index (χ0v) is 12.9. The molecule has 2 rings (SSSR count). The number of sulfonamides is 1. The van der Waals surface area contributed by atoms with Crippen LogP contribution in [0.25, 0.3) is 0 Å². The first kappa shape index (κ1) is 15.5. The van der Waals surface area contributed by atoms with Gasteiger partial charge in [-0.1, -0.05) is 6.92 Å². The van der Waals surface area contributed by atoms with Crippen molar-refractivity contribution in [1.29, 1.82) is 0 Å². The van der Waals surface area contributed by atoms with E-state index in [9.17, 15) is 8.42 Å². The highest BCUT2D eigenvalue weighted by atomic mass is 32.2. The predicted molar refractivity (Wildman–Crippen MR) is 78.8 cm³/mol. The molecule has 1 aromatic rings.